The van der Waals surface area contributed by atoms with Gasteiger partial charge in [-0.1, -0.05) is 0 Å². The number of hydrogen-bond donors (Lipinski definition) is 1. The second kappa shape index (κ2) is 7.41. The summed E-state index contributed by atoms with van der Waals surface area (Å²) < 4.78 is 64.5. The van der Waals surface area contributed by atoms with Gasteiger partial charge in [0.25, 0.3) is 0 Å². The predicted octanol–water partition coefficient (Wildman–Crippen LogP) is 3.10. The van der Waals surface area contributed by atoms with Crippen LogP contribution in [0.1, 0.15) is 32.3 Å². The third kappa shape index (κ3) is 4.94. The Balaban J connectivity index is 1.92. The number of hydrogen-bond acceptors (Lipinski definition) is 3. The van der Waals surface area contributed by atoms with Crippen molar-refractivity contribution in [2.75, 3.05) is 19.6 Å². The molecule has 0 atom stereocenters. The topological polar surface area (TPSA) is 49.4 Å². The summed E-state index contributed by atoms with van der Waals surface area (Å²) in [6.07, 6.45) is -2.65. The molecule has 24 heavy (non-hydrogen) atoms. The summed E-state index contributed by atoms with van der Waals surface area (Å²) >= 11 is 0. The summed E-state index contributed by atoms with van der Waals surface area (Å²) in [5, 5.41) is 0. The molecule has 2 rings (SSSR count). The predicted molar refractivity (Wildman–Crippen MR) is 86.1 cm³/mol. The summed E-state index contributed by atoms with van der Waals surface area (Å²) in [5.74, 6) is 0.254. The van der Waals surface area contributed by atoms with Crippen LogP contribution in [0.5, 0.6) is 0 Å². The van der Waals surface area contributed by atoms with E-state index in [2.05, 4.69) is 23.5 Å². The van der Waals surface area contributed by atoms with Crippen LogP contribution in [0.2, 0.25) is 0 Å². The van der Waals surface area contributed by atoms with Crippen LogP contribution >= 0.6 is 0 Å². The minimum atomic E-state index is -4.47. The molecule has 1 aromatic rings. The molecule has 0 radical (unpaired) electrons. The zero-order chi connectivity index (χ0) is 18.0. The molecule has 0 aromatic heterocycles. The van der Waals surface area contributed by atoms with E-state index in [9.17, 15) is 21.6 Å². The largest absolute Gasteiger partial charge is 0.416 e. The van der Waals surface area contributed by atoms with Gasteiger partial charge in [0.2, 0.25) is 10.0 Å². The molecule has 1 aromatic carbocycles. The van der Waals surface area contributed by atoms with Crippen molar-refractivity contribution in [3.05, 3.63) is 29.8 Å². The van der Waals surface area contributed by atoms with Crippen LogP contribution in [-0.2, 0) is 16.2 Å². The maximum absolute atomic E-state index is 12.5. The van der Waals surface area contributed by atoms with Crippen LogP contribution < -0.4 is 4.72 Å². The third-order valence-corrected chi connectivity index (χ3v) is 5.87. The molecule has 4 nitrogen and oxygen atoms in total. The highest BCUT2D eigenvalue weighted by Crippen LogP contribution is 2.29. The van der Waals surface area contributed by atoms with Gasteiger partial charge in [-0.05, 0) is 70.0 Å². The summed E-state index contributed by atoms with van der Waals surface area (Å²) in [7, 11) is -3.78. The van der Waals surface area contributed by atoms with Crippen molar-refractivity contribution in [3.8, 4) is 0 Å². The van der Waals surface area contributed by atoms with Gasteiger partial charge in [0, 0.05) is 12.6 Å². The Morgan fingerprint density at radius 1 is 1.17 bits per heavy atom. The van der Waals surface area contributed by atoms with E-state index in [1.165, 1.54) is 0 Å². The molecular weight excluding hydrogens is 341 g/mol. The maximum atomic E-state index is 12.5. The molecule has 0 aliphatic carbocycles. The van der Waals surface area contributed by atoms with Crippen molar-refractivity contribution >= 4 is 10.0 Å². The van der Waals surface area contributed by atoms with E-state index in [4.69, 9.17) is 0 Å². The Morgan fingerprint density at radius 2 is 1.71 bits per heavy atom. The molecule has 0 spiro atoms. The van der Waals surface area contributed by atoms with Crippen molar-refractivity contribution < 1.29 is 21.6 Å². The quantitative estimate of drug-likeness (QED) is 0.873. The molecule has 1 heterocycles. The molecule has 8 heteroatoms. The summed E-state index contributed by atoms with van der Waals surface area (Å²) in [5.41, 5.74) is -0.859. The number of nitrogens with zero attached hydrogens (tertiary/aromatic N) is 1. The van der Waals surface area contributed by atoms with Gasteiger partial charge in [-0.25, -0.2) is 13.1 Å². The van der Waals surface area contributed by atoms with Gasteiger partial charge in [0.05, 0.1) is 10.5 Å². The maximum Gasteiger partial charge on any atom is 0.416 e. The summed E-state index contributed by atoms with van der Waals surface area (Å²) in [6.45, 7) is 6.45. The number of nitrogens with one attached hydrogen (secondary N) is 1. The highest BCUT2D eigenvalue weighted by atomic mass is 32.2. The van der Waals surface area contributed by atoms with Gasteiger partial charge < -0.3 is 4.90 Å². The lowest BCUT2D eigenvalue weighted by atomic mass is 9.96. The van der Waals surface area contributed by atoms with Gasteiger partial charge in [-0.3, -0.25) is 0 Å². The first-order chi connectivity index (χ1) is 11.1. The fourth-order valence-electron chi connectivity index (χ4n) is 2.81. The molecule has 0 unspecified atom stereocenters. The Kier molecular flexibility index (Phi) is 5.93. The minimum Gasteiger partial charge on any atom is -0.301 e. The molecule has 1 fully saturated rings. The minimum absolute atomic E-state index is 0.143. The molecular formula is C16H23F3N2O2S. The first-order valence-electron chi connectivity index (χ1n) is 8.00. The summed E-state index contributed by atoms with van der Waals surface area (Å²) in [4.78, 5) is 2.20. The first-order valence-corrected chi connectivity index (χ1v) is 9.49. The molecule has 1 saturated heterocycles. The number of alkyl halides is 3. The third-order valence-electron chi connectivity index (χ3n) is 4.43. The van der Waals surface area contributed by atoms with E-state index in [0.29, 0.717) is 12.6 Å². The number of rotatable bonds is 5. The standard InChI is InChI=1S/C16H23F3N2O2S/c1-12(2)21-9-7-13(8-10-21)11-20-24(22,23)15-5-3-14(4-6-15)16(17,18)19/h3-6,12-13,20H,7-11H2,1-2H3. The van der Waals surface area contributed by atoms with Gasteiger partial charge in [0.1, 0.15) is 0 Å². The fraction of sp³-hybridized carbons (Fsp3) is 0.625. The van der Waals surface area contributed by atoms with E-state index >= 15 is 0 Å². The van der Waals surface area contributed by atoms with Gasteiger partial charge in [0.15, 0.2) is 0 Å². The number of benzene rings is 1. The molecule has 1 aliphatic rings. The van der Waals surface area contributed by atoms with Crippen molar-refractivity contribution in [2.24, 2.45) is 5.92 Å². The molecule has 136 valence electrons. The number of sulfonamides is 1. The second-order valence-corrected chi connectivity index (χ2v) is 8.21. The lowest BCUT2D eigenvalue weighted by Gasteiger charge is -2.34. The lowest BCUT2D eigenvalue weighted by molar-refractivity contribution is -0.137. The van der Waals surface area contributed by atoms with Crippen molar-refractivity contribution in [1.29, 1.82) is 0 Å². The molecule has 0 bridgehead atoms. The van der Waals surface area contributed by atoms with Gasteiger partial charge >= 0.3 is 6.18 Å². The van der Waals surface area contributed by atoms with E-state index in [1.807, 2.05) is 0 Å². The Morgan fingerprint density at radius 3 is 2.17 bits per heavy atom. The zero-order valence-electron chi connectivity index (χ0n) is 13.8. The monoisotopic (exact) mass is 364 g/mol. The lowest BCUT2D eigenvalue weighted by Crippen LogP contribution is -2.41. The zero-order valence-corrected chi connectivity index (χ0v) is 14.6. The van der Waals surface area contributed by atoms with Crippen LogP contribution in [0, 0.1) is 5.92 Å². The van der Waals surface area contributed by atoms with E-state index in [0.717, 1.165) is 50.2 Å². The normalized spacial score (nSPS) is 18.2. The van der Waals surface area contributed by atoms with E-state index < -0.39 is 21.8 Å². The molecule has 0 amide bonds. The van der Waals surface area contributed by atoms with Crippen molar-refractivity contribution in [1.82, 2.24) is 9.62 Å². The van der Waals surface area contributed by atoms with Crippen LogP contribution in [-0.4, -0.2) is 39.0 Å². The number of halogens is 3. The first kappa shape index (κ1) is 19.2. The van der Waals surface area contributed by atoms with Crippen LogP contribution in [0.4, 0.5) is 13.2 Å². The number of likely N-dealkylation sites (tertiary alicyclic amines) is 1. The Labute approximate surface area is 141 Å². The second-order valence-electron chi connectivity index (χ2n) is 6.45. The molecule has 1 N–H and O–H groups in total. The van der Waals surface area contributed by atoms with Crippen LogP contribution in [0.3, 0.4) is 0 Å². The van der Waals surface area contributed by atoms with Gasteiger partial charge in [-0.15, -0.1) is 0 Å². The SMILES string of the molecule is CC(C)N1CCC(CNS(=O)(=O)c2ccc(C(F)(F)F)cc2)CC1. The average Bonchev–Trinajstić information content (AvgIpc) is 2.53. The van der Waals surface area contributed by atoms with Gasteiger partial charge in [-0.2, -0.15) is 13.2 Å². The Hall–Kier alpha value is -1.12. The molecule has 1 aliphatic heterocycles. The Bertz CT molecular complexity index is 634. The fourth-order valence-corrected chi connectivity index (χ4v) is 3.92. The summed E-state index contributed by atoms with van der Waals surface area (Å²) in [6, 6.07) is 4.04. The van der Waals surface area contributed by atoms with Crippen molar-refractivity contribution in [3.63, 3.8) is 0 Å². The highest BCUT2D eigenvalue weighted by Gasteiger charge is 2.30. The average molecular weight is 364 g/mol. The van der Waals surface area contributed by atoms with Crippen LogP contribution in [0.15, 0.2) is 29.2 Å². The van der Waals surface area contributed by atoms with Crippen LogP contribution in [0.25, 0.3) is 0 Å². The molecule has 0 saturated carbocycles. The van der Waals surface area contributed by atoms with Crippen molar-refractivity contribution in [2.45, 2.75) is 43.8 Å². The van der Waals surface area contributed by atoms with E-state index in [1.54, 1.807) is 0 Å². The number of piperidine rings is 1. The smallest absolute Gasteiger partial charge is 0.301 e. The van der Waals surface area contributed by atoms with E-state index in [-0.39, 0.29) is 10.8 Å². The highest BCUT2D eigenvalue weighted by molar-refractivity contribution is 7.89.